The largest absolute Gasteiger partial charge is 0.494 e. The van der Waals surface area contributed by atoms with Crippen LogP contribution < -0.4 is 15.0 Å². The van der Waals surface area contributed by atoms with Crippen LogP contribution in [-0.4, -0.2) is 58.8 Å². The van der Waals surface area contributed by atoms with Gasteiger partial charge >= 0.3 is 6.18 Å². The molecule has 192 valence electrons. The van der Waals surface area contributed by atoms with Gasteiger partial charge in [0.25, 0.3) is 5.56 Å². The Morgan fingerprint density at radius 1 is 1.05 bits per heavy atom. The van der Waals surface area contributed by atoms with Gasteiger partial charge in [-0.15, -0.1) is 0 Å². The van der Waals surface area contributed by atoms with Crippen LogP contribution >= 0.6 is 0 Å². The number of nitrogens with one attached hydrogen (secondary N) is 1. The smallest absolute Gasteiger partial charge is 0.433 e. The van der Waals surface area contributed by atoms with Crippen LogP contribution in [0.4, 0.5) is 13.2 Å². The fourth-order valence-electron chi connectivity index (χ4n) is 3.94. The summed E-state index contributed by atoms with van der Waals surface area (Å²) in [6.07, 6.45) is -4.79. The Bertz CT molecular complexity index is 1640. The van der Waals surface area contributed by atoms with Gasteiger partial charge in [0, 0.05) is 6.54 Å². The maximum atomic E-state index is 14.1. The number of fused-ring (bicyclic) bond motifs is 2. The number of aromatic amines is 1. The monoisotopic (exact) mass is 513 g/mol. The van der Waals surface area contributed by atoms with E-state index in [1.54, 1.807) is 36.4 Å². The first-order valence-corrected chi connectivity index (χ1v) is 11.2. The molecule has 0 radical (unpaired) electrons. The molecule has 0 aliphatic heterocycles. The lowest BCUT2D eigenvalue weighted by Gasteiger charge is -2.12. The number of hydrogen-bond donors (Lipinski definition) is 1. The number of alkyl halides is 3. The van der Waals surface area contributed by atoms with Gasteiger partial charge in [-0.3, -0.25) is 9.89 Å². The highest BCUT2D eigenvalue weighted by molar-refractivity contribution is 5.84. The fraction of sp³-hybridized carbons (Fsp3) is 0.240. The Morgan fingerprint density at radius 3 is 2.49 bits per heavy atom. The Hall–Kier alpha value is -4.32. The molecule has 5 aromatic rings. The highest BCUT2D eigenvalue weighted by atomic mass is 19.4. The number of nitrogens with zero attached hydrogens (tertiary/aromatic N) is 4. The molecule has 5 rings (SSSR count). The van der Waals surface area contributed by atoms with Crippen molar-refractivity contribution in [3.8, 4) is 34.2 Å². The molecule has 9 nitrogen and oxygen atoms in total. The molecule has 0 bridgehead atoms. The molecule has 12 heteroatoms. The van der Waals surface area contributed by atoms with Gasteiger partial charge in [-0.25, -0.2) is 4.98 Å². The van der Waals surface area contributed by atoms with Crippen molar-refractivity contribution in [3.63, 3.8) is 0 Å². The van der Waals surface area contributed by atoms with E-state index >= 15 is 0 Å². The van der Waals surface area contributed by atoms with Crippen LogP contribution in [0.15, 0.2) is 57.7 Å². The molecule has 0 saturated heterocycles. The first-order chi connectivity index (χ1) is 17.7. The highest BCUT2D eigenvalue weighted by Crippen LogP contribution is 2.39. The second kappa shape index (κ2) is 9.28. The number of para-hydroxylation sites is 1. The van der Waals surface area contributed by atoms with E-state index in [-0.39, 0.29) is 40.7 Å². The lowest BCUT2D eigenvalue weighted by atomic mass is 10.1. The molecule has 0 fully saturated rings. The predicted octanol–water partition coefficient (Wildman–Crippen LogP) is 4.47. The van der Waals surface area contributed by atoms with Crippen LogP contribution in [0, 0.1) is 0 Å². The third kappa shape index (κ3) is 4.40. The Kier molecular flexibility index (Phi) is 6.12. The molecule has 0 aliphatic rings. The van der Waals surface area contributed by atoms with Crippen molar-refractivity contribution in [1.82, 2.24) is 24.5 Å². The number of halogens is 3. The zero-order valence-electron chi connectivity index (χ0n) is 20.1. The molecule has 0 spiro atoms. The number of oxazole rings is 1. The SMILES string of the molecule is COc1cccc2oc(-c3c(OCCN(C)C)nc4c(-c5ccccc5)c(C(F)(F)F)[nH]n4c3=O)nc12. The van der Waals surface area contributed by atoms with Gasteiger partial charge in [0.15, 0.2) is 22.3 Å². The summed E-state index contributed by atoms with van der Waals surface area (Å²) in [7, 11) is 5.13. The Morgan fingerprint density at radius 2 is 1.81 bits per heavy atom. The maximum absolute atomic E-state index is 14.1. The second-order valence-corrected chi connectivity index (χ2v) is 8.46. The van der Waals surface area contributed by atoms with Gasteiger partial charge in [0.2, 0.25) is 11.8 Å². The minimum absolute atomic E-state index is 0.114. The molecule has 0 atom stereocenters. The van der Waals surface area contributed by atoms with Crippen LogP contribution in [0.2, 0.25) is 0 Å². The van der Waals surface area contributed by atoms with E-state index in [9.17, 15) is 18.0 Å². The van der Waals surface area contributed by atoms with Gasteiger partial charge in [0.05, 0.1) is 12.7 Å². The van der Waals surface area contributed by atoms with Crippen LogP contribution in [0.3, 0.4) is 0 Å². The number of likely N-dealkylation sites (N-methyl/N-ethyl adjacent to an activating group) is 1. The van der Waals surface area contributed by atoms with E-state index in [0.717, 1.165) is 4.52 Å². The van der Waals surface area contributed by atoms with Crippen LogP contribution in [0.1, 0.15) is 5.69 Å². The molecule has 3 heterocycles. The lowest BCUT2D eigenvalue weighted by Crippen LogP contribution is -2.23. The van der Waals surface area contributed by atoms with E-state index < -0.39 is 17.4 Å². The standard InChI is InChI=1S/C25H22F3N5O4/c1-32(2)12-13-36-22-18(23-29-19-15(35-3)10-7-11-16(19)37-23)24(34)33-21(30-22)17(14-8-5-4-6-9-14)20(31-33)25(26,27)28/h4-11,31H,12-13H2,1-3H3. The van der Waals surface area contributed by atoms with Crippen molar-refractivity contribution in [2.24, 2.45) is 0 Å². The molecule has 37 heavy (non-hydrogen) atoms. The minimum Gasteiger partial charge on any atom is -0.494 e. The van der Waals surface area contributed by atoms with Crippen molar-refractivity contribution in [2.45, 2.75) is 6.18 Å². The summed E-state index contributed by atoms with van der Waals surface area (Å²) in [5.41, 5.74) is -1.79. The topological polar surface area (TPSA) is 97.9 Å². The lowest BCUT2D eigenvalue weighted by molar-refractivity contribution is -0.140. The van der Waals surface area contributed by atoms with Crippen molar-refractivity contribution in [2.75, 3.05) is 34.4 Å². The van der Waals surface area contributed by atoms with Gasteiger partial charge in [-0.05, 0) is 31.8 Å². The first kappa shape index (κ1) is 24.4. The molecular formula is C25H22F3N5O4. The maximum Gasteiger partial charge on any atom is 0.433 e. The third-order valence-electron chi connectivity index (χ3n) is 5.69. The number of methoxy groups -OCH3 is 1. The normalized spacial score (nSPS) is 12.1. The Labute approximate surface area is 208 Å². The summed E-state index contributed by atoms with van der Waals surface area (Å²) in [5.74, 6) is 0.0558. The molecule has 0 saturated carbocycles. The Balaban J connectivity index is 1.81. The molecule has 0 amide bonds. The zero-order chi connectivity index (χ0) is 26.3. The van der Waals surface area contributed by atoms with Crippen molar-refractivity contribution < 1.29 is 27.1 Å². The van der Waals surface area contributed by atoms with Crippen molar-refractivity contribution >= 4 is 16.7 Å². The van der Waals surface area contributed by atoms with Gasteiger partial charge in [-0.1, -0.05) is 36.4 Å². The summed E-state index contributed by atoms with van der Waals surface area (Å²) in [6, 6.07) is 12.9. The number of rotatable bonds is 7. The minimum atomic E-state index is -4.79. The van der Waals surface area contributed by atoms with Crippen LogP contribution in [0.25, 0.3) is 39.3 Å². The molecule has 0 unspecified atom stereocenters. The second-order valence-electron chi connectivity index (χ2n) is 8.46. The van der Waals surface area contributed by atoms with Gasteiger partial charge in [-0.2, -0.15) is 22.7 Å². The molecule has 3 aromatic heterocycles. The molecule has 1 N–H and O–H groups in total. The third-order valence-corrected chi connectivity index (χ3v) is 5.69. The summed E-state index contributed by atoms with van der Waals surface area (Å²) < 4.78 is 60.0. The average Bonchev–Trinajstić information content (AvgIpc) is 3.46. The van der Waals surface area contributed by atoms with E-state index in [2.05, 4.69) is 15.1 Å². The number of ether oxygens (including phenoxy) is 2. The number of benzene rings is 2. The number of hydrogen-bond acceptors (Lipinski definition) is 7. The van der Waals surface area contributed by atoms with E-state index in [4.69, 9.17) is 13.9 Å². The quantitative estimate of drug-likeness (QED) is 0.343. The van der Waals surface area contributed by atoms with Crippen molar-refractivity contribution in [1.29, 1.82) is 0 Å². The summed E-state index contributed by atoms with van der Waals surface area (Å²) >= 11 is 0. The molecule has 2 aromatic carbocycles. The van der Waals surface area contributed by atoms with E-state index in [0.29, 0.717) is 23.4 Å². The first-order valence-electron chi connectivity index (χ1n) is 11.2. The average molecular weight is 513 g/mol. The fourth-order valence-corrected chi connectivity index (χ4v) is 3.94. The van der Waals surface area contributed by atoms with Crippen molar-refractivity contribution in [3.05, 3.63) is 64.6 Å². The van der Waals surface area contributed by atoms with E-state index in [1.807, 2.05) is 19.0 Å². The highest BCUT2D eigenvalue weighted by Gasteiger charge is 2.39. The van der Waals surface area contributed by atoms with Gasteiger partial charge in [0.1, 0.15) is 18.1 Å². The summed E-state index contributed by atoms with van der Waals surface area (Å²) in [4.78, 5) is 24.3. The molecule has 0 aliphatic carbocycles. The van der Waals surface area contributed by atoms with Gasteiger partial charge < -0.3 is 18.8 Å². The summed E-state index contributed by atoms with van der Waals surface area (Å²) in [6.45, 7) is 0.581. The van der Waals surface area contributed by atoms with Crippen LogP contribution in [-0.2, 0) is 6.18 Å². The van der Waals surface area contributed by atoms with E-state index in [1.165, 1.54) is 19.2 Å². The number of aromatic nitrogens is 4. The zero-order valence-corrected chi connectivity index (χ0v) is 20.1. The summed E-state index contributed by atoms with van der Waals surface area (Å²) in [5, 5.41) is 2.20. The number of H-pyrrole nitrogens is 1. The predicted molar refractivity (Wildman–Crippen MR) is 130 cm³/mol. The molecular weight excluding hydrogens is 491 g/mol. The van der Waals surface area contributed by atoms with Crippen LogP contribution in [0.5, 0.6) is 11.6 Å².